The fraction of sp³-hybridized carbons (Fsp3) is 1.00. The van der Waals surface area contributed by atoms with Crippen LogP contribution in [0.3, 0.4) is 0 Å². The third kappa shape index (κ3) is 1.92. The summed E-state index contributed by atoms with van der Waals surface area (Å²) in [6.07, 6.45) is 1.66. The van der Waals surface area contributed by atoms with E-state index in [0.29, 0.717) is 0 Å². The summed E-state index contributed by atoms with van der Waals surface area (Å²) in [6.45, 7) is -0.406. The minimum Gasteiger partial charge on any atom is -0.272 e. The van der Waals surface area contributed by atoms with Crippen LogP contribution in [0.15, 0.2) is 0 Å². The van der Waals surface area contributed by atoms with E-state index in [0.717, 1.165) is 0 Å². The van der Waals surface area contributed by atoms with E-state index in [1.165, 1.54) is 23.9 Å². The average Bonchev–Trinajstić information content (AvgIpc) is 2.30. The second-order valence-electron chi connectivity index (χ2n) is 1.73. The third-order valence-electron chi connectivity index (χ3n) is 1.10. The van der Waals surface area contributed by atoms with Gasteiger partial charge in [-0.15, -0.1) is 0 Å². The van der Waals surface area contributed by atoms with Crippen LogP contribution in [0, 0.1) is 0 Å². The van der Waals surface area contributed by atoms with Gasteiger partial charge < -0.3 is 0 Å². The summed E-state index contributed by atoms with van der Waals surface area (Å²) in [5.41, 5.74) is 0. The van der Waals surface area contributed by atoms with Crippen LogP contribution in [-0.4, -0.2) is 27.6 Å². The number of halogens is 2. The number of hydrogen-bond donors (Lipinski definition) is 1. The van der Waals surface area contributed by atoms with E-state index in [1.54, 1.807) is 0 Å². The molecule has 1 aliphatic heterocycles. The number of nitrogens with zero attached hydrogens (tertiary/aromatic N) is 1. The number of nitrogens with one attached hydrogen (secondary N) is 1. The minimum absolute atomic E-state index is 0.187. The zero-order chi connectivity index (χ0) is 7.56. The van der Waals surface area contributed by atoms with Crippen molar-refractivity contribution in [2.75, 3.05) is 12.9 Å². The second-order valence-corrected chi connectivity index (χ2v) is 4.49. The molecule has 0 spiro atoms. The molecule has 1 fully saturated rings. The zero-order valence-electron chi connectivity index (χ0n) is 5.38. The Hall–Kier alpha value is 0.840. The molecule has 1 aliphatic rings. The highest BCUT2D eigenvalue weighted by atomic mass is 35.5. The number of rotatable bonds is 2. The van der Waals surface area contributed by atoms with Gasteiger partial charge in [0, 0.05) is 0 Å². The van der Waals surface area contributed by atoms with Gasteiger partial charge in [-0.2, -0.15) is 3.71 Å². The standard InChI is InChI=1S/C4H8ClFN2S2/c1-9-8-3(2-6)7-4(5)10-8/h3-4,7H,2H2,1H3. The van der Waals surface area contributed by atoms with Crippen molar-refractivity contribution in [3.63, 3.8) is 0 Å². The van der Waals surface area contributed by atoms with Gasteiger partial charge in [-0.3, -0.25) is 5.32 Å². The number of hydrogen-bond acceptors (Lipinski definition) is 4. The molecule has 2 unspecified atom stereocenters. The van der Waals surface area contributed by atoms with E-state index < -0.39 is 6.67 Å². The lowest BCUT2D eigenvalue weighted by molar-refractivity contribution is 0.340. The first-order valence-corrected chi connectivity index (χ1v) is 5.19. The maximum absolute atomic E-state index is 12.1. The van der Waals surface area contributed by atoms with Crippen LogP contribution in [0.1, 0.15) is 0 Å². The Labute approximate surface area is 73.1 Å². The van der Waals surface area contributed by atoms with Crippen LogP contribution in [-0.2, 0) is 0 Å². The van der Waals surface area contributed by atoms with E-state index in [1.807, 2.05) is 9.97 Å². The Morgan fingerprint density at radius 3 is 3.00 bits per heavy atom. The molecule has 1 heterocycles. The van der Waals surface area contributed by atoms with Gasteiger partial charge in [0.15, 0.2) is 0 Å². The van der Waals surface area contributed by atoms with Crippen molar-refractivity contribution in [3.8, 4) is 0 Å². The lowest BCUT2D eigenvalue weighted by Crippen LogP contribution is -2.33. The van der Waals surface area contributed by atoms with Crippen LogP contribution in [0.5, 0.6) is 0 Å². The van der Waals surface area contributed by atoms with Crippen molar-refractivity contribution in [2.24, 2.45) is 0 Å². The molecule has 60 valence electrons. The Morgan fingerprint density at radius 2 is 2.60 bits per heavy atom. The molecule has 2 nitrogen and oxygen atoms in total. The summed E-state index contributed by atoms with van der Waals surface area (Å²) in [7, 11) is 0. The molecule has 1 rings (SSSR count). The molecule has 0 saturated carbocycles. The highest BCUT2D eigenvalue weighted by Crippen LogP contribution is 2.33. The van der Waals surface area contributed by atoms with Crippen molar-refractivity contribution < 1.29 is 4.39 Å². The third-order valence-corrected chi connectivity index (χ3v) is 3.57. The van der Waals surface area contributed by atoms with E-state index in [9.17, 15) is 4.39 Å². The highest BCUT2D eigenvalue weighted by Gasteiger charge is 2.30. The monoisotopic (exact) mass is 202 g/mol. The predicted molar refractivity (Wildman–Crippen MR) is 45.5 cm³/mol. The highest BCUT2D eigenvalue weighted by molar-refractivity contribution is 8.12. The lowest BCUT2D eigenvalue weighted by atomic mass is 10.6. The lowest BCUT2D eigenvalue weighted by Gasteiger charge is -2.14. The van der Waals surface area contributed by atoms with Gasteiger partial charge in [-0.05, 0) is 18.2 Å². The molecule has 6 heteroatoms. The topological polar surface area (TPSA) is 15.3 Å². The molecule has 1 N–H and O–H groups in total. The molecule has 0 aromatic rings. The first-order chi connectivity index (χ1) is 4.77. The van der Waals surface area contributed by atoms with E-state index in [-0.39, 0.29) is 11.0 Å². The Bertz CT molecular complexity index is 105. The molecule has 2 atom stereocenters. The summed E-state index contributed by atoms with van der Waals surface area (Å²) < 4.78 is 13.9. The van der Waals surface area contributed by atoms with Gasteiger partial charge in [0.2, 0.25) is 0 Å². The summed E-state index contributed by atoms with van der Waals surface area (Å²) in [4.78, 5) is -0.187. The average molecular weight is 203 g/mol. The fourth-order valence-electron chi connectivity index (χ4n) is 0.678. The Balaban J connectivity index is 2.41. The summed E-state index contributed by atoms with van der Waals surface area (Å²) in [6, 6.07) is 0. The summed E-state index contributed by atoms with van der Waals surface area (Å²) >= 11 is 8.58. The van der Waals surface area contributed by atoms with Crippen molar-refractivity contribution in [1.82, 2.24) is 9.03 Å². The van der Waals surface area contributed by atoms with Crippen LogP contribution in [0.25, 0.3) is 0 Å². The van der Waals surface area contributed by atoms with Crippen LogP contribution >= 0.6 is 35.5 Å². The summed E-state index contributed by atoms with van der Waals surface area (Å²) in [5.74, 6) is 0. The molecule has 0 radical (unpaired) electrons. The van der Waals surface area contributed by atoms with E-state index >= 15 is 0 Å². The Kier molecular flexibility index (Phi) is 3.59. The first-order valence-electron chi connectivity index (χ1n) is 2.74. The normalized spacial score (nSPS) is 35.1. The largest absolute Gasteiger partial charge is 0.272 e. The van der Waals surface area contributed by atoms with Crippen LogP contribution < -0.4 is 5.32 Å². The van der Waals surface area contributed by atoms with Gasteiger partial charge in [0.25, 0.3) is 0 Å². The minimum atomic E-state index is -0.406. The molecule has 0 aromatic carbocycles. The maximum Gasteiger partial charge on any atom is 0.146 e. The van der Waals surface area contributed by atoms with Crippen LogP contribution in [0.4, 0.5) is 4.39 Å². The van der Waals surface area contributed by atoms with Crippen molar-refractivity contribution in [2.45, 2.75) is 11.0 Å². The van der Waals surface area contributed by atoms with Gasteiger partial charge in [-0.1, -0.05) is 23.5 Å². The molecule has 0 aliphatic carbocycles. The first kappa shape index (κ1) is 8.93. The smallest absolute Gasteiger partial charge is 0.146 e. The molecule has 0 bridgehead atoms. The molecule has 1 saturated heterocycles. The molecule has 10 heavy (non-hydrogen) atoms. The molecule has 0 amide bonds. The van der Waals surface area contributed by atoms with Crippen LogP contribution in [0.2, 0.25) is 0 Å². The van der Waals surface area contributed by atoms with Crippen molar-refractivity contribution in [1.29, 1.82) is 0 Å². The predicted octanol–water partition coefficient (Wildman–Crippen LogP) is 1.64. The molecular weight excluding hydrogens is 195 g/mol. The van der Waals surface area contributed by atoms with Gasteiger partial charge in [-0.25, -0.2) is 4.39 Å². The van der Waals surface area contributed by atoms with Gasteiger partial charge in [0.05, 0.1) is 0 Å². The second kappa shape index (κ2) is 4.01. The van der Waals surface area contributed by atoms with E-state index in [4.69, 9.17) is 11.6 Å². The summed E-state index contributed by atoms with van der Waals surface area (Å²) in [5, 5.41) is 2.86. The number of alkyl halides is 2. The van der Waals surface area contributed by atoms with Crippen molar-refractivity contribution in [3.05, 3.63) is 0 Å². The van der Waals surface area contributed by atoms with Crippen molar-refractivity contribution >= 4 is 35.5 Å². The molecule has 0 aromatic heterocycles. The quantitative estimate of drug-likeness (QED) is 0.416. The molecular formula is C4H8ClFN2S2. The Morgan fingerprint density at radius 1 is 1.90 bits per heavy atom. The zero-order valence-corrected chi connectivity index (χ0v) is 7.77. The fourth-order valence-corrected chi connectivity index (χ4v) is 2.86. The van der Waals surface area contributed by atoms with Gasteiger partial charge in [0.1, 0.15) is 17.7 Å². The maximum atomic E-state index is 12.1. The van der Waals surface area contributed by atoms with E-state index in [2.05, 4.69) is 5.32 Å². The van der Waals surface area contributed by atoms with Gasteiger partial charge >= 0.3 is 0 Å². The SMILES string of the molecule is CSN1SC(Cl)NC1CF.